The number of para-hydroxylation sites is 1. The Morgan fingerprint density at radius 2 is 1.97 bits per heavy atom. The number of aromatic amines is 1. The highest BCUT2D eigenvalue weighted by molar-refractivity contribution is 5.85. The molecule has 2 aliphatic heterocycles. The summed E-state index contributed by atoms with van der Waals surface area (Å²) in [5, 5.41) is 14.2. The van der Waals surface area contributed by atoms with E-state index >= 15 is 8.78 Å². The molecule has 0 bridgehead atoms. The number of fused-ring (bicyclic) bond motifs is 3. The second-order valence-electron chi connectivity index (χ2n) is 11.0. The number of hydrogen-bond acceptors (Lipinski definition) is 4. The Kier molecular flexibility index (Phi) is 7.07. The Hall–Kier alpha value is -2.48. The standard InChI is InChI=1S/C29H38F2N4O/c1-4-5-12-34-15-21(16-34)32-20-10-11-23(25(30)14-20)28-27-24(22-8-6-7-9-26(22)33-27)13-19(2)35(28)17-29(3,31)18-36/h6-11,14,19,21,28,32-33,36H,4-5,12-13,15-18H2,1-3H3/t19-,28-,29+/m1/s1. The number of likely N-dealkylation sites (tertiary alicyclic amines) is 1. The van der Waals surface area contributed by atoms with Crippen LogP contribution in [0.1, 0.15) is 56.5 Å². The molecule has 7 heteroatoms. The number of nitrogens with one attached hydrogen (secondary N) is 2. The number of rotatable bonds is 9. The molecule has 0 radical (unpaired) electrons. The van der Waals surface area contributed by atoms with Crippen LogP contribution in [-0.4, -0.2) is 70.4 Å². The topological polar surface area (TPSA) is 54.5 Å². The zero-order valence-corrected chi connectivity index (χ0v) is 21.5. The van der Waals surface area contributed by atoms with Crippen LogP contribution in [-0.2, 0) is 6.42 Å². The van der Waals surface area contributed by atoms with E-state index in [4.69, 9.17) is 0 Å². The lowest BCUT2D eigenvalue weighted by molar-refractivity contribution is 0.0169. The number of anilines is 1. The summed E-state index contributed by atoms with van der Waals surface area (Å²) >= 11 is 0. The first-order valence-corrected chi connectivity index (χ1v) is 13.2. The maximum atomic E-state index is 15.8. The molecule has 1 aromatic heterocycles. The average Bonchev–Trinajstić information content (AvgIpc) is 3.19. The number of unbranched alkanes of at least 4 members (excludes halogenated alkanes) is 1. The minimum Gasteiger partial charge on any atom is -0.393 e. The predicted molar refractivity (Wildman–Crippen MR) is 142 cm³/mol. The van der Waals surface area contributed by atoms with E-state index in [1.165, 1.54) is 19.8 Å². The van der Waals surface area contributed by atoms with Crippen LogP contribution < -0.4 is 5.32 Å². The number of benzene rings is 2. The summed E-state index contributed by atoms with van der Waals surface area (Å²) in [7, 11) is 0. The van der Waals surface area contributed by atoms with Crippen LogP contribution in [0, 0.1) is 5.82 Å². The normalized spacial score (nSPS) is 22.8. The highest BCUT2D eigenvalue weighted by Crippen LogP contribution is 2.42. The lowest BCUT2D eigenvalue weighted by Gasteiger charge is -2.43. The number of hydrogen-bond donors (Lipinski definition) is 3. The van der Waals surface area contributed by atoms with E-state index in [-0.39, 0.29) is 18.4 Å². The quantitative estimate of drug-likeness (QED) is 0.378. The summed E-state index contributed by atoms with van der Waals surface area (Å²) in [6, 6.07) is 13.3. The Morgan fingerprint density at radius 1 is 1.19 bits per heavy atom. The molecule has 1 saturated heterocycles. The molecule has 0 unspecified atom stereocenters. The second kappa shape index (κ2) is 10.1. The highest BCUT2D eigenvalue weighted by Gasteiger charge is 2.40. The van der Waals surface area contributed by atoms with Crippen molar-refractivity contribution in [2.75, 3.05) is 38.1 Å². The van der Waals surface area contributed by atoms with Gasteiger partial charge in [-0.2, -0.15) is 0 Å². The monoisotopic (exact) mass is 496 g/mol. The molecule has 36 heavy (non-hydrogen) atoms. The number of H-pyrrole nitrogens is 1. The SMILES string of the molecule is CCCCN1CC(Nc2ccc([C@@H]3c4[nH]c5ccccc5c4C[C@@H](C)N3C[C@](C)(F)CO)c(F)c2)C1. The number of aliphatic hydroxyl groups excluding tert-OH is 1. The van der Waals surface area contributed by atoms with Gasteiger partial charge in [0.15, 0.2) is 0 Å². The molecule has 2 aliphatic rings. The minimum absolute atomic E-state index is 0.0131. The van der Waals surface area contributed by atoms with Crippen molar-refractivity contribution in [1.82, 2.24) is 14.8 Å². The van der Waals surface area contributed by atoms with Gasteiger partial charge in [-0.1, -0.05) is 37.6 Å². The van der Waals surface area contributed by atoms with Gasteiger partial charge in [0.1, 0.15) is 11.5 Å². The van der Waals surface area contributed by atoms with Gasteiger partial charge in [-0.15, -0.1) is 0 Å². The van der Waals surface area contributed by atoms with Crippen LogP contribution in [0.15, 0.2) is 42.5 Å². The summed E-state index contributed by atoms with van der Waals surface area (Å²) in [5.41, 5.74) is 2.58. The van der Waals surface area contributed by atoms with Gasteiger partial charge in [-0.3, -0.25) is 9.80 Å². The van der Waals surface area contributed by atoms with Gasteiger partial charge in [-0.05, 0) is 57.0 Å². The van der Waals surface area contributed by atoms with Gasteiger partial charge in [0.25, 0.3) is 0 Å². The molecule has 3 N–H and O–H groups in total. The van der Waals surface area contributed by atoms with Gasteiger partial charge < -0.3 is 15.4 Å². The van der Waals surface area contributed by atoms with Crippen molar-refractivity contribution < 1.29 is 13.9 Å². The molecular formula is C29H38F2N4O. The number of aromatic nitrogens is 1. The lowest BCUT2D eigenvalue weighted by atomic mass is 9.87. The second-order valence-corrected chi connectivity index (χ2v) is 11.0. The van der Waals surface area contributed by atoms with E-state index in [1.807, 2.05) is 35.2 Å². The van der Waals surface area contributed by atoms with E-state index in [1.54, 1.807) is 6.07 Å². The van der Waals surface area contributed by atoms with E-state index < -0.39 is 18.3 Å². The molecule has 1 fully saturated rings. The Morgan fingerprint density at radius 3 is 2.69 bits per heavy atom. The number of aliphatic hydroxyl groups is 1. The molecule has 194 valence electrons. The molecule has 3 heterocycles. The average molecular weight is 497 g/mol. The van der Waals surface area contributed by atoms with Crippen LogP contribution in [0.2, 0.25) is 0 Å². The molecule has 5 nitrogen and oxygen atoms in total. The van der Waals surface area contributed by atoms with Crippen LogP contribution in [0.5, 0.6) is 0 Å². The zero-order chi connectivity index (χ0) is 25.4. The largest absolute Gasteiger partial charge is 0.393 e. The highest BCUT2D eigenvalue weighted by atomic mass is 19.1. The minimum atomic E-state index is -1.79. The smallest absolute Gasteiger partial charge is 0.143 e. The van der Waals surface area contributed by atoms with Crippen molar-refractivity contribution >= 4 is 16.6 Å². The summed E-state index contributed by atoms with van der Waals surface area (Å²) in [5.74, 6) is -0.305. The van der Waals surface area contributed by atoms with Crippen LogP contribution in [0.4, 0.5) is 14.5 Å². The van der Waals surface area contributed by atoms with Gasteiger partial charge in [0.05, 0.1) is 18.7 Å². The fourth-order valence-electron chi connectivity index (χ4n) is 5.82. The third-order valence-corrected chi connectivity index (χ3v) is 7.81. The first-order valence-electron chi connectivity index (χ1n) is 13.2. The molecule has 3 atom stereocenters. The first-order chi connectivity index (χ1) is 17.3. The molecule has 0 saturated carbocycles. The summed E-state index contributed by atoms with van der Waals surface area (Å²) in [6.07, 6.45) is 3.13. The van der Waals surface area contributed by atoms with Crippen molar-refractivity contribution in [3.8, 4) is 0 Å². The summed E-state index contributed by atoms with van der Waals surface area (Å²) < 4.78 is 30.9. The van der Waals surface area contributed by atoms with Crippen molar-refractivity contribution in [2.45, 2.75) is 63.8 Å². The van der Waals surface area contributed by atoms with Crippen LogP contribution in [0.3, 0.4) is 0 Å². The molecule has 5 rings (SSSR count). The van der Waals surface area contributed by atoms with E-state index in [9.17, 15) is 5.11 Å². The predicted octanol–water partition coefficient (Wildman–Crippen LogP) is 5.26. The maximum Gasteiger partial charge on any atom is 0.143 e. The third kappa shape index (κ3) is 4.89. The fraction of sp³-hybridized carbons (Fsp3) is 0.517. The molecule has 2 aromatic carbocycles. The first kappa shape index (κ1) is 25.2. The van der Waals surface area contributed by atoms with E-state index in [0.29, 0.717) is 11.6 Å². The van der Waals surface area contributed by atoms with Gasteiger partial charge in [0.2, 0.25) is 0 Å². The molecule has 3 aromatic rings. The van der Waals surface area contributed by atoms with Gasteiger partial charge in [-0.25, -0.2) is 8.78 Å². The molecule has 0 aliphatic carbocycles. The molecule has 0 amide bonds. The summed E-state index contributed by atoms with van der Waals surface area (Å²) in [6.45, 7) is 8.17. The fourth-order valence-corrected chi connectivity index (χ4v) is 5.82. The Balaban J connectivity index is 1.46. The van der Waals surface area contributed by atoms with Crippen molar-refractivity contribution in [1.29, 1.82) is 0 Å². The van der Waals surface area contributed by atoms with Crippen LogP contribution in [0.25, 0.3) is 10.9 Å². The Labute approximate surface area is 212 Å². The number of halogens is 2. The maximum absolute atomic E-state index is 15.8. The number of nitrogens with zero attached hydrogens (tertiary/aromatic N) is 2. The van der Waals surface area contributed by atoms with Crippen molar-refractivity contribution in [3.05, 3.63) is 65.1 Å². The third-order valence-electron chi connectivity index (χ3n) is 7.81. The van der Waals surface area contributed by atoms with Crippen molar-refractivity contribution in [2.24, 2.45) is 0 Å². The number of alkyl halides is 1. The molecular weight excluding hydrogens is 458 g/mol. The summed E-state index contributed by atoms with van der Waals surface area (Å²) in [4.78, 5) is 7.93. The molecule has 0 spiro atoms. The lowest BCUT2D eigenvalue weighted by Crippen LogP contribution is -2.54. The van der Waals surface area contributed by atoms with Gasteiger partial charge >= 0.3 is 0 Å². The zero-order valence-electron chi connectivity index (χ0n) is 21.5. The van der Waals surface area contributed by atoms with E-state index in [2.05, 4.69) is 35.1 Å². The Bertz CT molecular complexity index is 1200. The van der Waals surface area contributed by atoms with Crippen molar-refractivity contribution in [3.63, 3.8) is 0 Å². The van der Waals surface area contributed by atoms with E-state index in [0.717, 1.165) is 53.9 Å². The van der Waals surface area contributed by atoms with Crippen LogP contribution >= 0.6 is 0 Å². The van der Waals surface area contributed by atoms with Gasteiger partial charge in [0, 0.05) is 53.5 Å².